The molecule has 0 radical (unpaired) electrons. The molecule has 0 spiro atoms. The average Bonchev–Trinajstić information content (AvgIpc) is 3.28. The van der Waals surface area contributed by atoms with E-state index in [2.05, 4.69) is 11.4 Å². The second-order valence-corrected chi connectivity index (χ2v) is 8.07. The lowest BCUT2D eigenvalue weighted by Gasteiger charge is -2.14. The fourth-order valence-corrected chi connectivity index (χ4v) is 4.16. The van der Waals surface area contributed by atoms with E-state index in [-0.39, 0.29) is 5.97 Å². The predicted octanol–water partition coefficient (Wildman–Crippen LogP) is 5.63. The Morgan fingerprint density at radius 1 is 1.03 bits per heavy atom. The van der Waals surface area contributed by atoms with Crippen molar-refractivity contribution in [2.75, 3.05) is 40.3 Å². The van der Waals surface area contributed by atoms with Crippen molar-refractivity contribution in [1.29, 1.82) is 0 Å². The summed E-state index contributed by atoms with van der Waals surface area (Å²) in [6, 6.07) is 9.97. The summed E-state index contributed by atoms with van der Waals surface area (Å²) in [5, 5.41) is 4.11. The first-order valence-electron chi connectivity index (χ1n) is 10.6. The maximum Gasteiger partial charge on any atom is 0.337 e. The largest absolute Gasteiger partial charge is 0.493 e. The summed E-state index contributed by atoms with van der Waals surface area (Å²) in [5.74, 6) is 1.39. The Morgan fingerprint density at radius 3 is 2.38 bits per heavy atom. The van der Waals surface area contributed by atoms with Crippen molar-refractivity contribution in [2.24, 2.45) is 0 Å². The molecule has 2 aromatic carbocycles. The van der Waals surface area contributed by atoms with Crippen LogP contribution in [0.4, 0.5) is 5.13 Å². The van der Waals surface area contributed by atoms with E-state index in [0.29, 0.717) is 29.4 Å². The minimum Gasteiger partial charge on any atom is -0.493 e. The highest BCUT2D eigenvalue weighted by atomic mass is 32.1. The van der Waals surface area contributed by atoms with Gasteiger partial charge in [0.05, 0.1) is 44.2 Å². The zero-order valence-corrected chi connectivity index (χ0v) is 20.7. The molecule has 0 saturated heterocycles. The molecule has 1 N–H and O–H groups in total. The Kier molecular flexibility index (Phi) is 8.70. The molecule has 0 amide bonds. The highest BCUT2D eigenvalue weighted by Gasteiger charge is 2.15. The summed E-state index contributed by atoms with van der Waals surface area (Å²) in [4.78, 5) is 16.4. The van der Waals surface area contributed by atoms with Gasteiger partial charge in [0.15, 0.2) is 16.6 Å². The molecule has 0 unspecified atom stereocenters. The Balaban J connectivity index is 1.77. The molecule has 0 aliphatic rings. The monoisotopic (exact) mass is 480 g/mol. The van der Waals surface area contributed by atoms with Crippen LogP contribution in [0.2, 0.25) is 0 Å². The summed E-state index contributed by atoms with van der Waals surface area (Å²) in [5.41, 5.74) is 3.31. The molecule has 34 heavy (non-hydrogen) atoms. The molecule has 0 saturated carbocycles. The van der Waals surface area contributed by atoms with Gasteiger partial charge in [-0.1, -0.05) is 41.7 Å². The molecule has 1 heterocycles. The van der Waals surface area contributed by atoms with Gasteiger partial charge in [0.25, 0.3) is 0 Å². The standard InChI is InChI=1S/C26H28N2O5S/c1-6-9-17(25(29)33-5)10-7-8-13-27-26-28-20-14-18(11-12-23(20)34-26)19-15-21(30-2)24(32-4)22(16-19)31-3/h6-12,14-16H,13H2,1-5H3,(H,27,28)/b8-7+,9-6-,17-10+. The van der Waals surface area contributed by atoms with Crippen LogP contribution in [-0.2, 0) is 9.53 Å². The maximum atomic E-state index is 11.7. The number of hydrogen-bond acceptors (Lipinski definition) is 8. The van der Waals surface area contributed by atoms with Gasteiger partial charge >= 0.3 is 5.97 Å². The number of aromatic nitrogens is 1. The van der Waals surface area contributed by atoms with Crippen LogP contribution in [0.1, 0.15) is 6.92 Å². The molecule has 178 valence electrons. The molecule has 0 fully saturated rings. The lowest BCUT2D eigenvalue weighted by atomic mass is 10.0. The number of esters is 1. The van der Waals surface area contributed by atoms with E-state index < -0.39 is 0 Å². The minimum absolute atomic E-state index is 0.371. The molecular weight excluding hydrogens is 452 g/mol. The smallest absolute Gasteiger partial charge is 0.337 e. The number of rotatable bonds is 10. The summed E-state index contributed by atoms with van der Waals surface area (Å²) in [6.45, 7) is 2.42. The van der Waals surface area contributed by atoms with Gasteiger partial charge in [-0.15, -0.1) is 0 Å². The predicted molar refractivity (Wildman–Crippen MR) is 137 cm³/mol. The quantitative estimate of drug-likeness (QED) is 0.229. The van der Waals surface area contributed by atoms with Gasteiger partial charge in [-0.3, -0.25) is 0 Å². The number of hydrogen-bond donors (Lipinski definition) is 1. The number of nitrogens with one attached hydrogen (secondary N) is 1. The van der Waals surface area contributed by atoms with Gasteiger partial charge in [0.2, 0.25) is 5.75 Å². The molecule has 0 atom stereocenters. The van der Waals surface area contributed by atoms with Gasteiger partial charge in [-0.25, -0.2) is 9.78 Å². The van der Waals surface area contributed by atoms with Gasteiger partial charge in [0, 0.05) is 6.54 Å². The average molecular weight is 481 g/mol. The summed E-state index contributed by atoms with van der Waals surface area (Å²) >= 11 is 1.58. The zero-order valence-electron chi connectivity index (χ0n) is 19.9. The molecule has 0 aliphatic heterocycles. The first-order chi connectivity index (χ1) is 16.5. The number of carbonyl (C=O) groups excluding carboxylic acids is 1. The van der Waals surface area contributed by atoms with Crippen LogP contribution < -0.4 is 19.5 Å². The van der Waals surface area contributed by atoms with Crippen LogP contribution in [0.3, 0.4) is 0 Å². The lowest BCUT2D eigenvalue weighted by molar-refractivity contribution is -0.135. The van der Waals surface area contributed by atoms with E-state index in [1.54, 1.807) is 50.9 Å². The second-order valence-electron chi connectivity index (χ2n) is 7.04. The molecule has 8 heteroatoms. The molecule has 1 aromatic heterocycles. The van der Waals surface area contributed by atoms with Crippen molar-refractivity contribution < 1.29 is 23.7 Å². The van der Waals surface area contributed by atoms with Crippen molar-refractivity contribution in [3.05, 3.63) is 66.3 Å². The fraction of sp³-hybridized carbons (Fsp3) is 0.231. The Bertz CT molecular complexity index is 1220. The summed E-state index contributed by atoms with van der Waals surface area (Å²) in [6.07, 6.45) is 8.95. The third-order valence-electron chi connectivity index (χ3n) is 4.94. The number of methoxy groups -OCH3 is 4. The first-order valence-corrected chi connectivity index (χ1v) is 11.4. The van der Waals surface area contributed by atoms with Crippen LogP contribution in [0.5, 0.6) is 17.2 Å². The van der Waals surface area contributed by atoms with Crippen LogP contribution in [0.15, 0.2) is 66.3 Å². The Morgan fingerprint density at radius 2 is 1.76 bits per heavy atom. The van der Waals surface area contributed by atoms with E-state index >= 15 is 0 Å². The molecule has 0 aliphatic carbocycles. The van der Waals surface area contributed by atoms with E-state index in [9.17, 15) is 4.79 Å². The van der Waals surface area contributed by atoms with Crippen LogP contribution in [0, 0.1) is 0 Å². The van der Waals surface area contributed by atoms with Gasteiger partial charge < -0.3 is 24.3 Å². The minimum atomic E-state index is -0.371. The molecular formula is C26H28N2O5S. The van der Waals surface area contributed by atoms with Crippen molar-refractivity contribution >= 4 is 32.7 Å². The van der Waals surface area contributed by atoms with Gasteiger partial charge in [-0.05, 0) is 48.4 Å². The maximum absolute atomic E-state index is 11.7. The third-order valence-corrected chi connectivity index (χ3v) is 5.93. The van der Waals surface area contributed by atoms with Crippen molar-refractivity contribution in [2.45, 2.75) is 6.92 Å². The van der Waals surface area contributed by atoms with Crippen molar-refractivity contribution in [1.82, 2.24) is 4.98 Å². The number of thiazole rings is 1. The normalized spacial score (nSPS) is 11.9. The summed E-state index contributed by atoms with van der Waals surface area (Å²) in [7, 11) is 6.15. The van der Waals surface area contributed by atoms with E-state index in [1.165, 1.54) is 7.11 Å². The van der Waals surface area contributed by atoms with Gasteiger partial charge in [0.1, 0.15) is 0 Å². The number of nitrogens with zero attached hydrogens (tertiary/aromatic N) is 1. The number of anilines is 1. The van der Waals surface area contributed by atoms with Gasteiger partial charge in [-0.2, -0.15) is 0 Å². The topological polar surface area (TPSA) is 78.9 Å². The van der Waals surface area contributed by atoms with Crippen LogP contribution in [-0.4, -0.2) is 45.9 Å². The highest BCUT2D eigenvalue weighted by Crippen LogP contribution is 2.41. The Hall–Kier alpha value is -3.78. The lowest BCUT2D eigenvalue weighted by Crippen LogP contribution is -2.02. The third kappa shape index (κ3) is 5.77. The first kappa shape index (κ1) is 24.9. The number of benzene rings is 2. The number of carbonyl (C=O) groups is 1. The Labute approximate surface area is 203 Å². The second kappa shape index (κ2) is 11.9. The summed E-state index contributed by atoms with van der Waals surface area (Å²) < 4.78 is 22.2. The van der Waals surface area contributed by atoms with Crippen LogP contribution in [0.25, 0.3) is 21.3 Å². The zero-order chi connectivity index (χ0) is 24.5. The van der Waals surface area contributed by atoms with E-state index in [0.717, 1.165) is 26.5 Å². The molecule has 3 aromatic rings. The van der Waals surface area contributed by atoms with Crippen molar-refractivity contribution in [3.8, 4) is 28.4 Å². The molecule has 3 rings (SSSR count). The molecule has 0 bridgehead atoms. The van der Waals surface area contributed by atoms with Crippen molar-refractivity contribution in [3.63, 3.8) is 0 Å². The number of fused-ring (bicyclic) bond motifs is 1. The molecule has 7 nitrogen and oxygen atoms in total. The number of allylic oxidation sites excluding steroid dienone is 3. The SMILES string of the molecule is C\C=C/C(=C\C=C\CNc1nc2cc(-c3cc(OC)c(OC)c(OC)c3)ccc2s1)C(=O)OC. The number of ether oxygens (including phenoxy) is 4. The van der Waals surface area contributed by atoms with E-state index in [1.807, 2.05) is 43.3 Å². The van der Waals surface area contributed by atoms with Crippen LogP contribution >= 0.6 is 11.3 Å². The highest BCUT2D eigenvalue weighted by molar-refractivity contribution is 7.22. The fourth-order valence-electron chi connectivity index (χ4n) is 3.31. The van der Waals surface area contributed by atoms with E-state index in [4.69, 9.17) is 23.9 Å².